The average molecular weight is 473 g/mol. The van der Waals surface area contributed by atoms with Crippen LogP contribution in [-0.4, -0.2) is 52.2 Å². The van der Waals surface area contributed by atoms with E-state index in [4.69, 9.17) is 4.74 Å². The second kappa shape index (κ2) is 21.4. The number of nitrogens with zero attached hydrogens (tertiary/aromatic N) is 1. The molecule has 7 nitrogen and oxygen atoms in total. The largest absolute Gasteiger partial charge is 0.445 e. The van der Waals surface area contributed by atoms with Gasteiger partial charge in [-0.05, 0) is 27.2 Å². The molecule has 0 aromatic rings. The SMILES string of the molecule is CCCCCCCCCCCCCCCCCC(=O)NCC(=O)OC(C)N(C(C)O)C(C)O. The molecule has 3 N–H and O–H groups in total. The summed E-state index contributed by atoms with van der Waals surface area (Å²) in [7, 11) is 0. The van der Waals surface area contributed by atoms with Crippen molar-refractivity contribution >= 4 is 11.9 Å². The summed E-state index contributed by atoms with van der Waals surface area (Å²) in [6, 6.07) is 0. The molecule has 0 aliphatic heterocycles. The Labute approximate surface area is 202 Å². The van der Waals surface area contributed by atoms with Crippen molar-refractivity contribution in [1.29, 1.82) is 0 Å². The predicted octanol–water partition coefficient (Wildman–Crippen LogP) is 5.23. The normalized spacial score (nSPS) is 14.2. The van der Waals surface area contributed by atoms with Gasteiger partial charge in [0, 0.05) is 6.42 Å². The van der Waals surface area contributed by atoms with Crippen LogP contribution in [0.4, 0.5) is 0 Å². The molecule has 0 saturated carbocycles. The average Bonchev–Trinajstić information content (AvgIpc) is 2.74. The molecule has 3 unspecified atom stereocenters. The van der Waals surface area contributed by atoms with Crippen LogP contribution < -0.4 is 5.32 Å². The minimum Gasteiger partial charge on any atom is -0.445 e. The molecule has 0 fully saturated rings. The Morgan fingerprint density at radius 1 is 0.727 bits per heavy atom. The van der Waals surface area contributed by atoms with Crippen LogP contribution in [0.15, 0.2) is 0 Å². The number of carbonyl (C=O) groups is 2. The minimum atomic E-state index is -0.965. The highest BCUT2D eigenvalue weighted by molar-refractivity contribution is 5.81. The summed E-state index contributed by atoms with van der Waals surface area (Å²) in [5, 5.41) is 21.9. The number of unbranched alkanes of at least 4 members (excludes halogenated alkanes) is 14. The zero-order chi connectivity index (χ0) is 24.9. The minimum absolute atomic E-state index is 0.155. The molecule has 33 heavy (non-hydrogen) atoms. The molecule has 0 aromatic carbocycles. The fraction of sp³-hybridized carbons (Fsp3) is 0.923. The van der Waals surface area contributed by atoms with Crippen LogP contribution >= 0.6 is 0 Å². The van der Waals surface area contributed by atoms with Gasteiger partial charge in [0.05, 0.1) is 0 Å². The number of nitrogens with one attached hydrogen (secondary N) is 1. The van der Waals surface area contributed by atoms with Crippen molar-refractivity contribution in [2.45, 2.75) is 149 Å². The monoisotopic (exact) mass is 472 g/mol. The molecule has 196 valence electrons. The molecule has 0 aliphatic carbocycles. The van der Waals surface area contributed by atoms with Gasteiger partial charge in [-0.25, -0.2) is 4.90 Å². The van der Waals surface area contributed by atoms with Crippen molar-refractivity contribution in [2.24, 2.45) is 0 Å². The number of hydrogen-bond acceptors (Lipinski definition) is 6. The number of esters is 1. The summed E-state index contributed by atoms with van der Waals surface area (Å²) in [6.07, 6.45) is 16.9. The van der Waals surface area contributed by atoms with Crippen LogP contribution in [0.5, 0.6) is 0 Å². The van der Waals surface area contributed by atoms with Crippen molar-refractivity contribution in [3.8, 4) is 0 Å². The summed E-state index contributed by atoms with van der Waals surface area (Å²) < 4.78 is 5.17. The lowest BCUT2D eigenvalue weighted by atomic mass is 10.0. The topological polar surface area (TPSA) is 99.1 Å². The Hall–Kier alpha value is -1.18. The summed E-state index contributed by atoms with van der Waals surface area (Å²) in [4.78, 5) is 25.0. The summed E-state index contributed by atoms with van der Waals surface area (Å²) >= 11 is 0. The first-order valence-electron chi connectivity index (χ1n) is 13.4. The van der Waals surface area contributed by atoms with E-state index in [2.05, 4.69) is 12.2 Å². The first kappa shape index (κ1) is 31.8. The Kier molecular flexibility index (Phi) is 20.6. The molecule has 0 saturated heterocycles. The van der Waals surface area contributed by atoms with E-state index < -0.39 is 24.7 Å². The number of aliphatic hydroxyl groups excluding tert-OH is 2. The summed E-state index contributed by atoms with van der Waals surface area (Å²) in [5.41, 5.74) is 0. The van der Waals surface area contributed by atoms with Gasteiger partial charge in [-0.3, -0.25) is 9.59 Å². The second-order valence-corrected chi connectivity index (χ2v) is 9.28. The smallest absolute Gasteiger partial charge is 0.326 e. The number of rotatable bonds is 22. The highest BCUT2D eigenvalue weighted by Gasteiger charge is 2.25. The fourth-order valence-corrected chi connectivity index (χ4v) is 4.13. The zero-order valence-electron chi connectivity index (χ0n) is 21.8. The van der Waals surface area contributed by atoms with Crippen molar-refractivity contribution in [3.05, 3.63) is 0 Å². The van der Waals surface area contributed by atoms with Gasteiger partial charge in [-0.15, -0.1) is 0 Å². The second-order valence-electron chi connectivity index (χ2n) is 9.28. The number of ether oxygens (including phenoxy) is 1. The van der Waals surface area contributed by atoms with Crippen molar-refractivity contribution < 1.29 is 24.5 Å². The fourth-order valence-electron chi connectivity index (χ4n) is 4.13. The maximum atomic E-state index is 11.9. The Bertz CT molecular complexity index is 477. The first-order valence-corrected chi connectivity index (χ1v) is 13.4. The Balaban J connectivity index is 3.56. The van der Waals surface area contributed by atoms with Gasteiger partial charge in [0.2, 0.25) is 5.91 Å². The lowest BCUT2D eigenvalue weighted by molar-refractivity contribution is -0.190. The Morgan fingerprint density at radius 2 is 1.12 bits per heavy atom. The molecule has 3 atom stereocenters. The van der Waals surface area contributed by atoms with E-state index in [9.17, 15) is 19.8 Å². The lowest BCUT2D eigenvalue weighted by Crippen LogP contribution is -2.48. The lowest BCUT2D eigenvalue weighted by Gasteiger charge is -2.33. The van der Waals surface area contributed by atoms with E-state index in [1.165, 1.54) is 95.8 Å². The van der Waals surface area contributed by atoms with Crippen molar-refractivity contribution in [2.75, 3.05) is 6.54 Å². The molecule has 7 heteroatoms. The van der Waals surface area contributed by atoms with Crippen LogP contribution in [-0.2, 0) is 14.3 Å². The van der Waals surface area contributed by atoms with E-state index >= 15 is 0 Å². The van der Waals surface area contributed by atoms with Gasteiger partial charge in [0.1, 0.15) is 19.0 Å². The van der Waals surface area contributed by atoms with Crippen molar-refractivity contribution in [3.63, 3.8) is 0 Å². The first-order chi connectivity index (χ1) is 15.8. The van der Waals surface area contributed by atoms with Gasteiger partial charge >= 0.3 is 5.97 Å². The van der Waals surface area contributed by atoms with E-state index in [1.807, 2.05) is 0 Å². The van der Waals surface area contributed by atoms with Gasteiger partial charge < -0.3 is 20.3 Å². The molecule has 0 spiro atoms. The third kappa shape index (κ3) is 18.9. The number of hydrogen-bond donors (Lipinski definition) is 3. The zero-order valence-corrected chi connectivity index (χ0v) is 21.8. The quantitative estimate of drug-likeness (QED) is 0.113. The Morgan fingerprint density at radius 3 is 1.52 bits per heavy atom. The number of aliphatic hydroxyl groups is 2. The summed E-state index contributed by atoms with van der Waals surface area (Å²) in [5.74, 6) is -0.754. The number of amides is 1. The molecular formula is C26H52N2O5. The van der Waals surface area contributed by atoms with Crippen LogP contribution in [0, 0.1) is 0 Å². The molecular weight excluding hydrogens is 420 g/mol. The maximum Gasteiger partial charge on any atom is 0.326 e. The molecule has 0 aliphatic rings. The van der Waals surface area contributed by atoms with Crippen LogP contribution in [0.25, 0.3) is 0 Å². The van der Waals surface area contributed by atoms with E-state index in [0.29, 0.717) is 6.42 Å². The molecule has 1 amide bonds. The third-order valence-corrected chi connectivity index (χ3v) is 6.02. The third-order valence-electron chi connectivity index (χ3n) is 6.02. The molecule has 0 aromatic heterocycles. The number of carbonyl (C=O) groups excluding carboxylic acids is 2. The van der Waals surface area contributed by atoms with Crippen LogP contribution in [0.1, 0.15) is 130 Å². The molecule has 0 rings (SSSR count). The standard InChI is InChI=1S/C26H52N2O5/c1-5-6-7-8-9-10-11-12-13-14-15-16-17-18-19-20-25(31)27-21-26(32)33-24(4)28(22(2)29)23(3)30/h22-24,29-30H,5-21H2,1-4H3,(H,27,31). The van der Waals surface area contributed by atoms with E-state index in [-0.39, 0.29) is 12.5 Å². The van der Waals surface area contributed by atoms with Gasteiger partial charge in [-0.1, -0.05) is 96.8 Å². The van der Waals surface area contributed by atoms with Crippen molar-refractivity contribution in [1.82, 2.24) is 10.2 Å². The molecule has 0 heterocycles. The van der Waals surface area contributed by atoms with E-state index in [1.54, 1.807) is 6.92 Å². The molecule has 0 bridgehead atoms. The van der Waals surface area contributed by atoms with Crippen LogP contribution in [0.3, 0.4) is 0 Å². The molecule has 0 radical (unpaired) electrons. The summed E-state index contributed by atoms with van der Waals surface area (Å²) in [6.45, 7) is 6.58. The maximum absolute atomic E-state index is 11.9. The van der Waals surface area contributed by atoms with Crippen LogP contribution in [0.2, 0.25) is 0 Å². The predicted molar refractivity (Wildman–Crippen MR) is 133 cm³/mol. The highest BCUT2D eigenvalue weighted by atomic mass is 16.6. The van der Waals surface area contributed by atoms with Gasteiger partial charge in [0.15, 0.2) is 6.23 Å². The van der Waals surface area contributed by atoms with Gasteiger partial charge in [-0.2, -0.15) is 0 Å². The van der Waals surface area contributed by atoms with E-state index in [0.717, 1.165) is 19.3 Å². The van der Waals surface area contributed by atoms with Gasteiger partial charge in [0.25, 0.3) is 0 Å². The highest BCUT2D eigenvalue weighted by Crippen LogP contribution is 2.14.